The fraction of sp³-hybridized carbons (Fsp3) is 0.417. The SMILES string of the molecule is CCCCCN(CCCCC)c1ccc(C=Cc2cccc(-c3ccccc3)c2C=Cc2ccc(N(CCCCC)CCCCC)cc2)cc1. The molecule has 2 nitrogen and oxygen atoms in total. The van der Waals surface area contributed by atoms with Crippen LogP contribution in [0.4, 0.5) is 11.4 Å². The fourth-order valence-electron chi connectivity index (χ4n) is 6.69. The van der Waals surface area contributed by atoms with Crippen LogP contribution < -0.4 is 9.80 Å². The minimum Gasteiger partial charge on any atom is -0.372 e. The van der Waals surface area contributed by atoms with Crippen LogP contribution in [-0.2, 0) is 0 Å². The normalized spacial score (nSPS) is 11.5. The largest absolute Gasteiger partial charge is 0.372 e. The lowest BCUT2D eigenvalue weighted by molar-refractivity contribution is 0.636. The van der Waals surface area contributed by atoms with Crippen LogP contribution in [-0.4, -0.2) is 26.2 Å². The Morgan fingerprint density at radius 3 is 1.28 bits per heavy atom. The Bertz CT molecular complexity index is 1510. The third-order valence-electron chi connectivity index (χ3n) is 9.77. The Labute approximate surface area is 306 Å². The second kappa shape index (κ2) is 22.6. The lowest BCUT2D eigenvalue weighted by atomic mass is 9.94. The molecule has 0 spiro atoms. The van der Waals surface area contributed by atoms with Gasteiger partial charge in [-0.2, -0.15) is 0 Å². The molecule has 4 aromatic rings. The first-order chi connectivity index (χ1) is 24.7. The van der Waals surface area contributed by atoms with Crippen molar-refractivity contribution in [1.29, 1.82) is 0 Å². The van der Waals surface area contributed by atoms with E-state index in [-0.39, 0.29) is 0 Å². The van der Waals surface area contributed by atoms with E-state index in [1.54, 1.807) is 0 Å². The maximum atomic E-state index is 2.59. The van der Waals surface area contributed by atoms with E-state index in [1.807, 2.05) is 0 Å². The van der Waals surface area contributed by atoms with Crippen molar-refractivity contribution in [2.24, 2.45) is 0 Å². The van der Waals surface area contributed by atoms with Crippen LogP contribution in [0.25, 0.3) is 35.4 Å². The van der Waals surface area contributed by atoms with Crippen LogP contribution >= 0.6 is 0 Å². The Kier molecular flexibility index (Phi) is 17.5. The lowest BCUT2D eigenvalue weighted by Gasteiger charge is -2.25. The van der Waals surface area contributed by atoms with Gasteiger partial charge in [-0.15, -0.1) is 0 Å². The molecule has 266 valence electrons. The van der Waals surface area contributed by atoms with Crippen LogP contribution in [0.2, 0.25) is 0 Å². The minimum absolute atomic E-state index is 1.14. The van der Waals surface area contributed by atoms with E-state index in [0.29, 0.717) is 0 Å². The molecule has 0 saturated carbocycles. The van der Waals surface area contributed by atoms with Gasteiger partial charge in [0.2, 0.25) is 0 Å². The first-order valence-electron chi connectivity index (χ1n) is 19.9. The standard InChI is InChI=1S/C48H64N2/c1-5-9-16-37-49(38-17-10-6-2)45-32-26-41(27-33-45)25-31-44-23-20-24-47(43-21-14-13-15-22-43)48(44)36-30-42-28-34-46(35-29-42)50(39-18-11-7-3)40-19-12-8-4/h13-15,20-36H,5-12,16-19,37-40H2,1-4H3. The van der Waals surface area contributed by atoms with Crippen LogP contribution in [0.3, 0.4) is 0 Å². The molecule has 0 amide bonds. The monoisotopic (exact) mass is 669 g/mol. The molecular weight excluding hydrogens is 605 g/mol. The molecule has 0 bridgehead atoms. The summed E-state index contributed by atoms with van der Waals surface area (Å²) >= 11 is 0. The Morgan fingerprint density at radius 2 is 0.840 bits per heavy atom. The highest BCUT2D eigenvalue weighted by Gasteiger charge is 2.09. The molecule has 0 fully saturated rings. The molecule has 0 aliphatic rings. The predicted octanol–water partition coefficient (Wildman–Crippen LogP) is 14.1. The fourth-order valence-corrected chi connectivity index (χ4v) is 6.69. The van der Waals surface area contributed by atoms with E-state index in [9.17, 15) is 0 Å². The van der Waals surface area contributed by atoms with Crippen molar-refractivity contribution < 1.29 is 0 Å². The molecule has 0 radical (unpaired) electrons. The highest BCUT2D eigenvalue weighted by molar-refractivity contribution is 5.88. The van der Waals surface area contributed by atoms with Gasteiger partial charge in [-0.1, -0.05) is 176 Å². The molecule has 0 N–H and O–H groups in total. The molecule has 0 aliphatic carbocycles. The lowest BCUT2D eigenvalue weighted by Crippen LogP contribution is -2.25. The zero-order valence-electron chi connectivity index (χ0n) is 31.8. The average molecular weight is 669 g/mol. The van der Waals surface area contributed by atoms with Crippen molar-refractivity contribution in [3.63, 3.8) is 0 Å². The van der Waals surface area contributed by atoms with E-state index < -0.39 is 0 Å². The smallest absolute Gasteiger partial charge is 0.0366 e. The van der Waals surface area contributed by atoms with Crippen LogP contribution in [0.15, 0.2) is 97.1 Å². The zero-order valence-corrected chi connectivity index (χ0v) is 31.8. The summed E-state index contributed by atoms with van der Waals surface area (Å²) in [7, 11) is 0. The number of benzene rings is 4. The van der Waals surface area contributed by atoms with E-state index in [0.717, 1.165) is 26.2 Å². The molecule has 0 heterocycles. The summed E-state index contributed by atoms with van der Waals surface area (Å²) in [6.07, 6.45) is 24.4. The summed E-state index contributed by atoms with van der Waals surface area (Å²) in [6.45, 7) is 13.7. The Morgan fingerprint density at radius 1 is 0.400 bits per heavy atom. The van der Waals surface area contributed by atoms with Crippen molar-refractivity contribution >= 4 is 35.7 Å². The third-order valence-corrected chi connectivity index (χ3v) is 9.77. The van der Waals surface area contributed by atoms with E-state index in [1.165, 1.54) is 122 Å². The molecule has 4 aromatic carbocycles. The van der Waals surface area contributed by atoms with Gasteiger partial charge in [0.1, 0.15) is 0 Å². The zero-order chi connectivity index (χ0) is 35.2. The summed E-state index contributed by atoms with van der Waals surface area (Å²) < 4.78 is 0. The first-order valence-corrected chi connectivity index (χ1v) is 19.9. The van der Waals surface area contributed by atoms with E-state index in [2.05, 4.69) is 159 Å². The average Bonchev–Trinajstić information content (AvgIpc) is 3.16. The van der Waals surface area contributed by atoms with Gasteiger partial charge in [0, 0.05) is 37.6 Å². The summed E-state index contributed by atoms with van der Waals surface area (Å²) in [6, 6.07) is 35.9. The number of anilines is 2. The van der Waals surface area contributed by atoms with Gasteiger partial charge < -0.3 is 9.80 Å². The molecule has 0 saturated heterocycles. The number of hydrogen-bond donors (Lipinski definition) is 0. The maximum Gasteiger partial charge on any atom is 0.0366 e. The Balaban J connectivity index is 1.56. The number of rotatable bonds is 23. The quantitative estimate of drug-likeness (QED) is 0.0573. The summed E-state index contributed by atoms with van der Waals surface area (Å²) in [5.74, 6) is 0. The van der Waals surface area contributed by atoms with Gasteiger partial charge in [-0.05, 0) is 83.3 Å². The highest BCUT2D eigenvalue weighted by Crippen LogP contribution is 2.30. The molecule has 50 heavy (non-hydrogen) atoms. The van der Waals surface area contributed by atoms with Crippen LogP contribution in [0.5, 0.6) is 0 Å². The van der Waals surface area contributed by atoms with Crippen molar-refractivity contribution in [2.75, 3.05) is 36.0 Å². The minimum atomic E-state index is 1.14. The van der Waals surface area contributed by atoms with Crippen LogP contribution in [0.1, 0.15) is 127 Å². The Hall–Kier alpha value is -4.04. The van der Waals surface area contributed by atoms with Crippen LogP contribution in [0, 0.1) is 0 Å². The highest BCUT2D eigenvalue weighted by atomic mass is 15.1. The number of unbranched alkanes of at least 4 members (excludes halogenated alkanes) is 8. The van der Waals surface area contributed by atoms with E-state index in [4.69, 9.17) is 0 Å². The topological polar surface area (TPSA) is 6.48 Å². The van der Waals surface area contributed by atoms with Gasteiger partial charge in [0.15, 0.2) is 0 Å². The van der Waals surface area contributed by atoms with Crippen molar-refractivity contribution in [2.45, 2.75) is 105 Å². The molecule has 0 unspecified atom stereocenters. The molecule has 2 heteroatoms. The summed E-state index contributed by atoms with van der Waals surface area (Å²) in [5, 5.41) is 0. The number of hydrogen-bond acceptors (Lipinski definition) is 2. The van der Waals surface area contributed by atoms with Crippen molar-refractivity contribution in [3.05, 3.63) is 119 Å². The second-order valence-corrected chi connectivity index (χ2v) is 13.8. The second-order valence-electron chi connectivity index (χ2n) is 13.8. The maximum absolute atomic E-state index is 2.59. The number of nitrogens with zero attached hydrogens (tertiary/aromatic N) is 2. The van der Waals surface area contributed by atoms with Gasteiger partial charge in [0.25, 0.3) is 0 Å². The van der Waals surface area contributed by atoms with Gasteiger partial charge in [-0.3, -0.25) is 0 Å². The summed E-state index contributed by atoms with van der Waals surface area (Å²) in [5.41, 5.74) is 10.1. The summed E-state index contributed by atoms with van der Waals surface area (Å²) in [4.78, 5) is 5.18. The third kappa shape index (κ3) is 12.7. The van der Waals surface area contributed by atoms with Gasteiger partial charge >= 0.3 is 0 Å². The molecule has 0 atom stereocenters. The van der Waals surface area contributed by atoms with Crippen molar-refractivity contribution in [3.8, 4) is 11.1 Å². The first kappa shape index (κ1) is 38.8. The molecule has 0 aliphatic heterocycles. The molecule has 4 rings (SSSR count). The molecule has 0 aromatic heterocycles. The van der Waals surface area contributed by atoms with Gasteiger partial charge in [0.05, 0.1) is 0 Å². The predicted molar refractivity (Wildman–Crippen MR) is 225 cm³/mol. The van der Waals surface area contributed by atoms with Crippen molar-refractivity contribution in [1.82, 2.24) is 0 Å². The molecular formula is C48H64N2. The van der Waals surface area contributed by atoms with Gasteiger partial charge in [-0.25, -0.2) is 0 Å². The van der Waals surface area contributed by atoms with E-state index >= 15 is 0 Å².